The number of methoxy groups -OCH3 is 1. The lowest BCUT2D eigenvalue weighted by molar-refractivity contribution is 0.197. The Kier molecular flexibility index (Phi) is 8.16. The molecule has 0 aromatic heterocycles. The minimum atomic E-state index is -1.07. The second-order valence-corrected chi connectivity index (χ2v) is 3.71. The van der Waals surface area contributed by atoms with Gasteiger partial charge in [-0.05, 0) is 12.5 Å². The van der Waals surface area contributed by atoms with Crippen LogP contribution in [0.25, 0.3) is 0 Å². The van der Waals surface area contributed by atoms with Crippen LogP contribution in [0.5, 0.6) is 5.75 Å². The fourth-order valence-corrected chi connectivity index (χ4v) is 1.42. The molecule has 0 heterocycles. The molecular formula is C13H20ClNO3. The smallest absolute Gasteiger partial charge is 0.214 e. The zero-order valence-corrected chi connectivity index (χ0v) is 11.5. The predicted octanol–water partition coefficient (Wildman–Crippen LogP) is 2.94. The van der Waals surface area contributed by atoms with Gasteiger partial charge in [-0.2, -0.15) is 0 Å². The number of benzene rings is 1. The number of aliphatic hydroxyl groups is 1. The Labute approximate surface area is 114 Å². The van der Waals surface area contributed by atoms with Gasteiger partial charge in [-0.1, -0.05) is 31.5 Å². The van der Waals surface area contributed by atoms with Gasteiger partial charge in [0, 0.05) is 5.56 Å². The molecule has 0 aliphatic carbocycles. The molecular weight excluding hydrogens is 254 g/mol. The Morgan fingerprint density at radius 2 is 2.06 bits per heavy atom. The van der Waals surface area contributed by atoms with E-state index in [-0.39, 0.29) is 18.3 Å². The first-order chi connectivity index (χ1) is 8.20. The zero-order chi connectivity index (χ0) is 12.7. The molecule has 0 amide bonds. The van der Waals surface area contributed by atoms with Gasteiger partial charge in [0.05, 0.1) is 13.7 Å². The number of hydrogen-bond donors (Lipinski definition) is 2. The van der Waals surface area contributed by atoms with Crippen LogP contribution in [0.15, 0.2) is 24.3 Å². The molecule has 0 bridgehead atoms. The number of hydrogen-bond acceptors (Lipinski definition) is 4. The van der Waals surface area contributed by atoms with Crippen LogP contribution in [0.2, 0.25) is 0 Å². The number of rotatable bonds is 6. The molecule has 1 unspecified atom stereocenters. The molecule has 0 radical (unpaired) electrons. The second-order valence-electron chi connectivity index (χ2n) is 3.71. The van der Waals surface area contributed by atoms with Gasteiger partial charge in [-0.3, -0.25) is 5.41 Å². The van der Waals surface area contributed by atoms with Crippen molar-refractivity contribution >= 4 is 18.3 Å². The molecule has 0 saturated heterocycles. The maximum Gasteiger partial charge on any atom is 0.214 e. The van der Waals surface area contributed by atoms with Crippen molar-refractivity contribution in [3.63, 3.8) is 0 Å². The average molecular weight is 274 g/mol. The van der Waals surface area contributed by atoms with Gasteiger partial charge in [-0.25, -0.2) is 0 Å². The summed E-state index contributed by atoms with van der Waals surface area (Å²) in [5, 5.41) is 17.4. The van der Waals surface area contributed by atoms with Crippen LogP contribution in [-0.4, -0.2) is 24.7 Å². The quantitative estimate of drug-likeness (QED) is 0.476. The third kappa shape index (κ3) is 4.55. The maximum atomic E-state index is 9.90. The summed E-state index contributed by atoms with van der Waals surface area (Å²) < 4.78 is 10.3. The summed E-state index contributed by atoms with van der Waals surface area (Å²) in [5.74, 6) is 0.423. The molecule has 102 valence electrons. The summed E-state index contributed by atoms with van der Waals surface area (Å²) in [5.41, 5.74) is 0.565. The minimum Gasteiger partial charge on any atom is -0.493 e. The van der Waals surface area contributed by atoms with Crippen molar-refractivity contribution in [2.75, 3.05) is 13.7 Å². The number of para-hydroxylation sites is 1. The van der Waals surface area contributed by atoms with Gasteiger partial charge in [0.1, 0.15) is 5.75 Å². The van der Waals surface area contributed by atoms with E-state index in [4.69, 9.17) is 14.9 Å². The lowest BCUT2D eigenvalue weighted by Gasteiger charge is -2.15. The highest BCUT2D eigenvalue weighted by atomic mass is 35.5. The number of unbranched alkanes of at least 4 members (excludes halogenated alkanes) is 1. The van der Waals surface area contributed by atoms with Crippen LogP contribution >= 0.6 is 12.4 Å². The first-order valence-electron chi connectivity index (χ1n) is 5.73. The van der Waals surface area contributed by atoms with Crippen LogP contribution in [0.3, 0.4) is 0 Å². The third-order valence-corrected chi connectivity index (χ3v) is 2.44. The standard InChI is InChI=1S/C13H19NO3.ClH/c1-3-4-9-17-11-8-6-5-7-10(11)12(15)13(14)16-2;/h5-8,12,14-15H,3-4,9H2,1-2H3;1H. The van der Waals surface area contributed by atoms with Crippen LogP contribution < -0.4 is 4.74 Å². The molecule has 2 N–H and O–H groups in total. The number of aliphatic hydroxyl groups excluding tert-OH is 1. The van der Waals surface area contributed by atoms with Crippen LogP contribution in [-0.2, 0) is 4.74 Å². The summed E-state index contributed by atoms with van der Waals surface area (Å²) in [4.78, 5) is 0. The van der Waals surface area contributed by atoms with Gasteiger partial charge in [0.15, 0.2) is 6.10 Å². The highest BCUT2D eigenvalue weighted by Gasteiger charge is 2.18. The molecule has 4 nitrogen and oxygen atoms in total. The Balaban J connectivity index is 0.00000289. The highest BCUT2D eigenvalue weighted by molar-refractivity contribution is 5.85. The number of ether oxygens (including phenoxy) is 2. The van der Waals surface area contributed by atoms with Crippen molar-refractivity contribution in [3.8, 4) is 5.75 Å². The van der Waals surface area contributed by atoms with Crippen molar-refractivity contribution in [2.45, 2.75) is 25.9 Å². The van der Waals surface area contributed by atoms with E-state index in [0.717, 1.165) is 12.8 Å². The predicted molar refractivity (Wildman–Crippen MR) is 73.8 cm³/mol. The lowest BCUT2D eigenvalue weighted by atomic mass is 10.1. The van der Waals surface area contributed by atoms with Crippen LogP contribution in [0.1, 0.15) is 31.4 Å². The summed E-state index contributed by atoms with van der Waals surface area (Å²) in [6.45, 7) is 2.70. The Morgan fingerprint density at radius 3 is 2.67 bits per heavy atom. The fraction of sp³-hybridized carbons (Fsp3) is 0.462. The Bertz CT molecular complexity index is 371. The van der Waals surface area contributed by atoms with Crippen molar-refractivity contribution < 1.29 is 14.6 Å². The van der Waals surface area contributed by atoms with E-state index in [0.29, 0.717) is 17.9 Å². The van der Waals surface area contributed by atoms with Gasteiger partial charge in [0.2, 0.25) is 5.90 Å². The van der Waals surface area contributed by atoms with E-state index >= 15 is 0 Å². The number of halogens is 1. The van der Waals surface area contributed by atoms with E-state index in [1.165, 1.54) is 7.11 Å². The van der Waals surface area contributed by atoms with Crippen molar-refractivity contribution in [3.05, 3.63) is 29.8 Å². The van der Waals surface area contributed by atoms with E-state index in [9.17, 15) is 5.11 Å². The van der Waals surface area contributed by atoms with Gasteiger partial charge in [0.25, 0.3) is 0 Å². The van der Waals surface area contributed by atoms with E-state index in [1.54, 1.807) is 18.2 Å². The monoisotopic (exact) mass is 273 g/mol. The van der Waals surface area contributed by atoms with Gasteiger partial charge in [-0.15, -0.1) is 12.4 Å². The summed E-state index contributed by atoms with van der Waals surface area (Å²) in [7, 11) is 1.37. The first-order valence-corrected chi connectivity index (χ1v) is 5.73. The SMILES string of the molecule is CCCCOc1ccccc1C(O)C(=N)OC.Cl. The van der Waals surface area contributed by atoms with Crippen molar-refractivity contribution in [2.24, 2.45) is 0 Å². The molecule has 5 heteroatoms. The van der Waals surface area contributed by atoms with Gasteiger partial charge >= 0.3 is 0 Å². The first kappa shape index (κ1) is 16.7. The molecule has 1 atom stereocenters. The molecule has 0 aliphatic rings. The normalized spacial score (nSPS) is 11.3. The second kappa shape index (κ2) is 8.78. The molecule has 18 heavy (non-hydrogen) atoms. The van der Waals surface area contributed by atoms with E-state index < -0.39 is 6.10 Å². The topological polar surface area (TPSA) is 62.5 Å². The maximum absolute atomic E-state index is 9.90. The van der Waals surface area contributed by atoms with Crippen LogP contribution in [0.4, 0.5) is 0 Å². The molecule has 0 spiro atoms. The molecule has 1 rings (SSSR count). The fourth-order valence-electron chi connectivity index (χ4n) is 1.42. The average Bonchev–Trinajstić information content (AvgIpc) is 2.38. The highest BCUT2D eigenvalue weighted by Crippen LogP contribution is 2.26. The third-order valence-electron chi connectivity index (χ3n) is 2.44. The Hall–Kier alpha value is -1.26. The molecule has 0 fully saturated rings. The van der Waals surface area contributed by atoms with E-state index in [2.05, 4.69) is 6.92 Å². The molecule has 1 aromatic rings. The van der Waals surface area contributed by atoms with E-state index in [1.807, 2.05) is 6.07 Å². The lowest BCUT2D eigenvalue weighted by Crippen LogP contribution is -2.14. The van der Waals surface area contributed by atoms with Gasteiger partial charge < -0.3 is 14.6 Å². The summed E-state index contributed by atoms with van der Waals surface area (Å²) in [6.07, 6.45) is 0.947. The molecule has 0 saturated carbocycles. The van der Waals surface area contributed by atoms with Crippen molar-refractivity contribution in [1.82, 2.24) is 0 Å². The van der Waals surface area contributed by atoms with Crippen molar-refractivity contribution in [1.29, 1.82) is 5.41 Å². The minimum absolute atomic E-state index is 0. The summed E-state index contributed by atoms with van der Waals surface area (Å²) in [6, 6.07) is 7.17. The molecule has 1 aromatic carbocycles. The summed E-state index contributed by atoms with van der Waals surface area (Å²) >= 11 is 0. The Morgan fingerprint density at radius 1 is 1.39 bits per heavy atom. The molecule has 0 aliphatic heterocycles. The largest absolute Gasteiger partial charge is 0.493 e. The van der Waals surface area contributed by atoms with Crippen LogP contribution in [0, 0.1) is 5.41 Å². The zero-order valence-electron chi connectivity index (χ0n) is 10.7. The number of nitrogens with one attached hydrogen (secondary N) is 1.